The molecule has 0 spiro atoms. The first-order valence-corrected chi connectivity index (χ1v) is 45.4. The third-order valence-corrected chi connectivity index (χ3v) is 28.0. The first-order chi connectivity index (χ1) is 55.8. The Morgan fingerprint density at radius 2 is 0.793 bits per heavy atom. The molecule has 1 saturated carbocycles. The number of aliphatic hydroxyl groups is 3. The largest absolute Gasteiger partial charge is 0.493 e. The number of aliphatic hydroxyl groups excluding tert-OH is 3. The van der Waals surface area contributed by atoms with Crippen LogP contribution in [0.3, 0.4) is 0 Å². The zero-order valence-electron chi connectivity index (χ0n) is 68.6. The van der Waals surface area contributed by atoms with Crippen LogP contribution < -0.4 is 30.9 Å². The summed E-state index contributed by atoms with van der Waals surface area (Å²) in [5.74, 6) is 4.79. The molecule has 6 aromatic heterocycles. The molecule has 4 fully saturated rings. The molecule has 9 heterocycles. The molecular formula is C80H116N18O15S3. The van der Waals surface area contributed by atoms with Gasteiger partial charge in [-0.1, -0.05) is 73.1 Å². The maximum absolute atomic E-state index is 13.6. The molecule has 0 amide bonds. The molecule has 4 aliphatic rings. The Morgan fingerprint density at radius 1 is 0.440 bits per heavy atom. The van der Waals surface area contributed by atoms with E-state index in [-0.39, 0.29) is 86.4 Å². The van der Waals surface area contributed by atoms with Gasteiger partial charge in [0, 0.05) is 116 Å². The van der Waals surface area contributed by atoms with Crippen LogP contribution in [0, 0.1) is 20.8 Å². The monoisotopic (exact) mass is 1660 g/mol. The van der Waals surface area contributed by atoms with Crippen LogP contribution in [0.5, 0.6) is 17.2 Å². The van der Waals surface area contributed by atoms with Gasteiger partial charge >= 0.3 is 0 Å². The lowest BCUT2D eigenvalue weighted by molar-refractivity contribution is 0.151. The Balaban J connectivity index is 0.000000171. The molecular weight excluding hydrogens is 1550 g/mol. The molecule has 9 aromatic rings. The predicted octanol–water partition coefficient (Wildman–Crippen LogP) is 7.69. The molecule has 0 radical (unpaired) electrons. The van der Waals surface area contributed by atoms with Crippen LogP contribution in [0.15, 0.2) is 83.7 Å². The molecule has 1 aliphatic carbocycles. The molecule has 6 N–H and O–H groups in total. The van der Waals surface area contributed by atoms with Crippen molar-refractivity contribution in [2.45, 2.75) is 185 Å². The lowest BCUT2D eigenvalue weighted by atomic mass is 9.97. The third kappa shape index (κ3) is 19.6. The molecule has 3 aromatic carbocycles. The van der Waals surface area contributed by atoms with Crippen molar-refractivity contribution in [2.24, 2.45) is 0 Å². The first kappa shape index (κ1) is 88.4. The Bertz CT molecular complexity index is 5380. The summed E-state index contributed by atoms with van der Waals surface area (Å²) < 4.78 is 108. The van der Waals surface area contributed by atoms with Crippen LogP contribution in [-0.4, -0.2) is 265 Å². The summed E-state index contributed by atoms with van der Waals surface area (Å²) in [6.07, 6.45) is 13.2. The number of fused-ring (bicyclic) bond motifs is 3. The lowest BCUT2D eigenvalue weighted by Gasteiger charge is -2.33. The van der Waals surface area contributed by atoms with Gasteiger partial charge in [-0.3, -0.25) is 29.1 Å². The standard InChI is InChI=1S/C29H44N6O5S.C26H36N6O5S.C25H36N6O5S/c1-5-8-9-10-11-22(6-2)28-30-21(4)26-29(37)31-27(32-35(26)28)24-20-23(12-13-25(24)40-7-3)41(38,39)34-16-14-33(15-17-34)18-19-36;1-3-16-37-22-9-8-20(38(35,36)31-12-10-30(11-13-31)14-15-33)17-21(22)24-28-26(34)23-18(2)27-25(32(23)29-24)19-6-4-5-7-19;1-5-18(6-2)24-26-17(4)22-25(33)27-23(28-31(22)24)20-16-19(8-9-21(20)36-7-3)37(34,35)30-12-10-29(11-13-30)14-15-32/h12-13,20,22,36H,5-11,14-19H2,1-4H3,(H,31,32,37);8-9,17,19,33H,3-7,10-16H2,1-2H3,(H,28,29,34);8-9,16,18,32H,5-7,10-15H2,1-4H3,(H,27,28,33). The van der Waals surface area contributed by atoms with Crippen molar-refractivity contribution >= 4 is 46.6 Å². The molecule has 634 valence electrons. The van der Waals surface area contributed by atoms with Crippen molar-refractivity contribution < 1.29 is 54.8 Å². The smallest absolute Gasteiger partial charge is 0.277 e. The number of aromatic amines is 3. The number of ether oxygens (including phenoxy) is 3. The van der Waals surface area contributed by atoms with Gasteiger partial charge in [0.2, 0.25) is 30.1 Å². The zero-order chi connectivity index (χ0) is 83.2. The highest BCUT2D eigenvalue weighted by atomic mass is 32.2. The van der Waals surface area contributed by atoms with Crippen molar-refractivity contribution in [1.82, 2.24) is 86.4 Å². The van der Waals surface area contributed by atoms with Crippen LogP contribution >= 0.6 is 0 Å². The van der Waals surface area contributed by atoms with E-state index in [0.29, 0.717) is 191 Å². The van der Waals surface area contributed by atoms with Crippen LogP contribution in [0.1, 0.15) is 184 Å². The molecule has 36 heteroatoms. The summed E-state index contributed by atoms with van der Waals surface area (Å²) in [6, 6.07) is 14.1. The lowest BCUT2D eigenvalue weighted by Crippen LogP contribution is -2.49. The molecule has 33 nitrogen and oxygen atoms in total. The van der Waals surface area contributed by atoms with E-state index in [1.54, 1.807) is 50.8 Å². The highest BCUT2D eigenvalue weighted by molar-refractivity contribution is 7.89. The number of hydrogen-bond acceptors (Lipinski definition) is 24. The van der Waals surface area contributed by atoms with E-state index in [4.69, 9.17) is 39.5 Å². The van der Waals surface area contributed by atoms with E-state index in [9.17, 15) is 55.0 Å². The topological polar surface area (TPSA) is 399 Å². The van der Waals surface area contributed by atoms with Crippen molar-refractivity contribution in [1.29, 1.82) is 0 Å². The predicted molar refractivity (Wildman–Crippen MR) is 443 cm³/mol. The maximum atomic E-state index is 13.6. The fourth-order valence-corrected chi connectivity index (χ4v) is 20.2. The minimum atomic E-state index is -3.80. The average molecular weight is 1670 g/mol. The number of benzene rings is 3. The molecule has 13 rings (SSSR count). The number of hydrogen-bond donors (Lipinski definition) is 6. The summed E-state index contributed by atoms with van der Waals surface area (Å²) in [5.41, 5.74) is 3.26. The van der Waals surface area contributed by atoms with Gasteiger partial charge in [-0.05, 0) is 134 Å². The number of piperazine rings is 3. The van der Waals surface area contributed by atoms with Gasteiger partial charge in [0.25, 0.3) is 16.7 Å². The second-order valence-corrected chi connectivity index (χ2v) is 35.7. The number of β-amino-alcohol motifs (C(OH)–C–C–N with tert-alkyl or cyclic N) is 3. The van der Waals surface area contributed by atoms with E-state index in [0.717, 1.165) is 82.3 Å². The second-order valence-electron chi connectivity index (χ2n) is 29.9. The van der Waals surface area contributed by atoms with E-state index in [1.807, 2.05) is 49.3 Å². The third-order valence-electron chi connectivity index (χ3n) is 22.3. The van der Waals surface area contributed by atoms with Gasteiger partial charge in [-0.25, -0.2) is 53.8 Å². The van der Waals surface area contributed by atoms with Crippen LogP contribution in [0.2, 0.25) is 0 Å². The van der Waals surface area contributed by atoms with Gasteiger partial charge in [0.1, 0.15) is 34.7 Å². The van der Waals surface area contributed by atoms with Crippen LogP contribution in [-0.2, 0) is 30.1 Å². The quantitative estimate of drug-likeness (QED) is 0.0215. The normalized spacial score (nSPS) is 16.5. The van der Waals surface area contributed by atoms with E-state index in [2.05, 4.69) is 47.6 Å². The van der Waals surface area contributed by atoms with Crippen molar-refractivity contribution in [3.05, 3.63) is 120 Å². The summed E-state index contributed by atoms with van der Waals surface area (Å²) in [5, 5.41) is 41.9. The zero-order valence-corrected chi connectivity index (χ0v) is 71.1. The number of unbranched alkanes of at least 4 members (excludes halogenated alkanes) is 3. The molecule has 1 unspecified atom stereocenters. The molecule has 0 bridgehead atoms. The summed E-state index contributed by atoms with van der Waals surface area (Å²) in [4.78, 5) is 68.8. The number of rotatable bonds is 33. The summed E-state index contributed by atoms with van der Waals surface area (Å²) in [6.45, 7) is 27.7. The molecule has 3 aliphatic heterocycles. The van der Waals surface area contributed by atoms with Crippen molar-refractivity contribution in [3.8, 4) is 51.4 Å². The minimum absolute atomic E-state index is 0.0416. The number of nitrogens with one attached hydrogen (secondary N) is 3. The summed E-state index contributed by atoms with van der Waals surface area (Å²) in [7, 11) is -11.4. The molecule has 1 atom stereocenters. The van der Waals surface area contributed by atoms with Crippen LogP contribution in [0.25, 0.3) is 50.7 Å². The number of sulfonamides is 3. The van der Waals surface area contributed by atoms with Gasteiger partial charge in [-0.2, -0.15) is 12.9 Å². The van der Waals surface area contributed by atoms with E-state index < -0.39 is 30.1 Å². The Morgan fingerprint density at radius 3 is 1.15 bits per heavy atom. The van der Waals surface area contributed by atoms with E-state index >= 15 is 0 Å². The summed E-state index contributed by atoms with van der Waals surface area (Å²) >= 11 is 0. The second kappa shape index (κ2) is 39.9. The SMILES string of the molecule is CCCCCCC(CC)c1nc(C)c2c(=O)[nH]c(-c3cc(S(=O)(=O)N4CCN(CCO)CC4)ccc3OCC)nn12.CCCOc1ccc(S(=O)(=O)N2CCN(CCO)CC2)cc1-c1nn2c(C3CCCC3)nc(C)c2c(=O)[nH]1.CCOc1ccc(S(=O)(=O)N2CCN(CCO)CC2)cc1-c1nn2c(C(CC)CC)nc(C)c2c(=O)[nH]1. The van der Waals surface area contributed by atoms with Crippen molar-refractivity contribution in [2.75, 3.05) is 138 Å². The number of aryl methyl sites for hydroxylation is 3. The van der Waals surface area contributed by atoms with Gasteiger partial charge in [-0.15, -0.1) is 15.3 Å². The number of nitrogens with zero attached hydrogens (tertiary/aromatic N) is 15. The molecule has 116 heavy (non-hydrogen) atoms. The number of aromatic nitrogens is 12. The number of imidazole rings is 3. The van der Waals surface area contributed by atoms with Gasteiger partial charge in [0.05, 0.1) is 88.1 Å². The van der Waals surface area contributed by atoms with Gasteiger partial charge < -0.3 is 44.5 Å². The Hall–Kier alpha value is -8.40. The minimum Gasteiger partial charge on any atom is -0.493 e. The van der Waals surface area contributed by atoms with Crippen LogP contribution in [0.4, 0.5) is 0 Å². The Labute approximate surface area is 678 Å². The maximum Gasteiger partial charge on any atom is 0.277 e. The fraction of sp³-hybridized carbons (Fsp3) is 0.588. The highest BCUT2D eigenvalue weighted by Crippen LogP contribution is 2.39. The first-order valence-electron chi connectivity index (χ1n) is 41.1. The Kier molecular flexibility index (Phi) is 30.4. The van der Waals surface area contributed by atoms with E-state index in [1.165, 1.54) is 50.0 Å². The fourth-order valence-electron chi connectivity index (χ4n) is 15.8. The average Bonchev–Trinajstić information content (AvgIpc) is 1.47. The van der Waals surface area contributed by atoms with Crippen molar-refractivity contribution in [3.63, 3.8) is 0 Å². The van der Waals surface area contributed by atoms with Gasteiger partial charge in [0.15, 0.2) is 34.0 Å². The number of H-pyrrole nitrogens is 3. The molecule has 3 saturated heterocycles. The highest BCUT2D eigenvalue weighted by Gasteiger charge is 2.35.